The van der Waals surface area contributed by atoms with Crippen molar-refractivity contribution in [2.24, 2.45) is 0 Å². The van der Waals surface area contributed by atoms with E-state index in [0.29, 0.717) is 6.04 Å². The SMILES string of the molecule is CCCNC1CCC(O)(CCc2cccs2)CC1. The second kappa shape index (κ2) is 6.69. The third-order valence-electron chi connectivity index (χ3n) is 4.02. The third-order valence-corrected chi connectivity index (χ3v) is 4.95. The molecule has 1 fully saturated rings. The lowest BCUT2D eigenvalue weighted by molar-refractivity contribution is -0.0105. The van der Waals surface area contributed by atoms with Crippen molar-refractivity contribution in [2.75, 3.05) is 6.54 Å². The van der Waals surface area contributed by atoms with E-state index in [1.807, 2.05) is 0 Å². The molecule has 1 aliphatic carbocycles. The molecule has 1 heterocycles. The smallest absolute Gasteiger partial charge is 0.0652 e. The zero-order chi connectivity index (χ0) is 12.8. The van der Waals surface area contributed by atoms with Crippen molar-refractivity contribution < 1.29 is 5.11 Å². The summed E-state index contributed by atoms with van der Waals surface area (Å²) in [4.78, 5) is 1.40. The molecule has 2 N–H and O–H groups in total. The van der Waals surface area contributed by atoms with Crippen molar-refractivity contribution in [3.63, 3.8) is 0 Å². The molecule has 1 aromatic rings. The van der Waals surface area contributed by atoms with Crippen LogP contribution in [0.15, 0.2) is 17.5 Å². The van der Waals surface area contributed by atoms with Crippen molar-refractivity contribution in [3.05, 3.63) is 22.4 Å². The average Bonchev–Trinajstić information content (AvgIpc) is 2.89. The molecule has 0 saturated heterocycles. The van der Waals surface area contributed by atoms with Crippen LogP contribution >= 0.6 is 11.3 Å². The Morgan fingerprint density at radius 1 is 1.44 bits per heavy atom. The number of aliphatic hydroxyl groups is 1. The minimum atomic E-state index is -0.408. The van der Waals surface area contributed by atoms with Gasteiger partial charge in [0, 0.05) is 10.9 Å². The summed E-state index contributed by atoms with van der Waals surface area (Å²) in [6.07, 6.45) is 7.32. The molecule has 0 atom stereocenters. The fraction of sp³-hybridized carbons (Fsp3) is 0.733. The predicted molar refractivity (Wildman–Crippen MR) is 78.1 cm³/mol. The van der Waals surface area contributed by atoms with Crippen molar-refractivity contribution in [1.29, 1.82) is 0 Å². The van der Waals surface area contributed by atoms with E-state index in [1.54, 1.807) is 11.3 Å². The van der Waals surface area contributed by atoms with Gasteiger partial charge in [-0.05, 0) is 62.9 Å². The fourth-order valence-electron chi connectivity index (χ4n) is 2.77. The largest absolute Gasteiger partial charge is 0.390 e. The molecule has 0 radical (unpaired) electrons. The standard InChI is InChI=1S/C15H25NOS/c1-2-11-16-13-5-8-15(17,9-6-13)10-7-14-4-3-12-18-14/h3-4,12-13,16-17H,2,5-11H2,1H3. The van der Waals surface area contributed by atoms with E-state index in [-0.39, 0.29) is 0 Å². The van der Waals surface area contributed by atoms with E-state index in [1.165, 1.54) is 11.3 Å². The van der Waals surface area contributed by atoms with Gasteiger partial charge in [-0.25, -0.2) is 0 Å². The average molecular weight is 267 g/mol. The van der Waals surface area contributed by atoms with Gasteiger partial charge in [-0.3, -0.25) is 0 Å². The van der Waals surface area contributed by atoms with Gasteiger partial charge in [0.25, 0.3) is 0 Å². The van der Waals surface area contributed by atoms with Crippen LogP contribution in [0.25, 0.3) is 0 Å². The van der Waals surface area contributed by atoms with Crippen LogP contribution in [-0.4, -0.2) is 23.3 Å². The van der Waals surface area contributed by atoms with Crippen LogP contribution in [0.4, 0.5) is 0 Å². The monoisotopic (exact) mass is 267 g/mol. The Hall–Kier alpha value is -0.380. The third kappa shape index (κ3) is 4.08. The summed E-state index contributed by atoms with van der Waals surface area (Å²) < 4.78 is 0. The highest BCUT2D eigenvalue weighted by Gasteiger charge is 2.32. The summed E-state index contributed by atoms with van der Waals surface area (Å²) in [5.41, 5.74) is -0.408. The molecule has 0 bridgehead atoms. The van der Waals surface area contributed by atoms with Gasteiger partial charge in [0.1, 0.15) is 0 Å². The molecule has 1 aromatic heterocycles. The van der Waals surface area contributed by atoms with E-state index >= 15 is 0 Å². The van der Waals surface area contributed by atoms with Crippen LogP contribution in [0, 0.1) is 0 Å². The first kappa shape index (κ1) is 14.0. The Morgan fingerprint density at radius 3 is 2.83 bits per heavy atom. The van der Waals surface area contributed by atoms with Crippen molar-refractivity contribution >= 4 is 11.3 Å². The molecule has 0 aromatic carbocycles. The zero-order valence-corrected chi connectivity index (χ0v) is 12.1. The van der Waals surface area contributed by atoms with E-state index < -0.39 is 5.60 Å². The summed E-state index contributed by atoms with van der Waals surface area (Å²) in [5.74, 6) is 0. The lowest BCUT2D eigenvalue weighted by Crippen LogP contribution is -2.41. The maximum Gasteiger partial charge on any atom is 0.0652 e. The quantitative estimate of drug-likeness (QED) is 0.828. The van der Waals surface area contributed by atoms with E-state index in [9.17, 15) is 5.11 Å². The van der Waals surface area contributed by atoms with Gasteiger partial charge in [-0.15, -0.1) is 11.3 Å². The normalized spacial score (nSPS) is 28.4. The molecule has 0 amide bonds. The van der Waals surface area contributed by atoms with Crippen molar-refractivity contribution in [2.45, 2.75) is 63.5 Å². The molecule has 2 nitrogen and oxygen atoms in total. The molecule has 0 aliphatic heterocycles. The summed E-state index contributed by atoms with van der Waals surface area (Å²) in [7, 11) is 0. The van der Waals surface area contributed by atoms with Crippen LogP contribution in [0.1, 0.15) is 50.3 Å². The summed E-state index contributed by atoms with van der Waals surface area (Å²) in [5, 5.41) is 16.3. The molecule has 3 heteroatoms. The van der Waals surface area contributed by atoms with Gasteiger partial charge in [0.2, 0.25) is 0 Å². The number of rotatable bonds is 6. The Morgan fingerprint density at radius 2 is 2.22 bits per heavy atom. The molecule has 2 rings (SSSR count). The number of hydrogen-bond acceptors (Lipinski definition) is 3. The van der Waals surface area contributed by atoms with Crippen LogP contribution in [0.2, 0.25) is 0 Å². The molecule has 102 valence electrons. The first-order chi connectivity index (χ1) is 8.72. The Balaban J connectivity index is 1.73. The van der Waals surface area contributed by atoms with E-state index in [2.05, 4.69) is 29.8 Å². The number of thiophene rings is 1. The van der Waals surface area contributed by atoms with Gasteiger partial charge in [-0.1, -0.05) is 13.0 Å². The van der Waals surface area contributed by atoms with Gasteiger partial charge in [0.15, 0.2) is 0 Å². The van der Waals surface area contributed by atoms with E-state index in [4.69, 9.17) is 0 Å². The Bertz CT molecular complexity index is 328. The van der Waals surface area contributed by atoms with Gasteiger partial charge >= 0.3 is 0 Å². The first-order valence-electron chi connectivity index (χ1n) is 7.20. The van der Waals surface area contributed by atoms with Gasteiger partial charge in [-0.2, -0.15) is 0 Å². The molecular weight excluding hydrogens is 242 g/mol. The lowest BCUT2D eigenvalue weighted by atomic mass is 9.79. The van der Waals surface area contributed by atoms with Crippen molar-refractivity contribution in [1.82, 2.24) is 5.32 Å². The molecule has 1 aliphatic rings. The fourth-order valence-corrected chi connectivity index (χ4v) is 3.48. The maximum absolute atomic E-state index is 10.6. The summed E-state index contributed by atoms with van der Waals surface area (Å²) >= 11 is 1.80. The van der Waals surface area contributed by atoms with Crippen molar-refractivity contribution in [3.8, 4) is 0 Å². The summed E-state index contributed by atoms with van der Waals surface area (Å²) in [6.45, 7) is 3.31. The van der Waals surface area contributed by atoms with Crippen LogP contribution in [0.3, 0.4) is 0 Å². The Labute approximate surface area is 114 Å². The number of nitrogens with one attached hydrogen (secondary N) is 1. The maximum atomic E-state index is 10.6. The van der Waals surface area contributed by atoms with Crippen LogP contribution in [0.5, 0.6) is 0 Å². The summed E-state index contributed by atoms with van der Waals surface area (Å²) in [6, 6.07) is 4.89. The molecule has 18 heavy (non-hydrogen) atoms. The number of hydrogen-bond donors (Lipinski definition) is 2. The number of aryl methyl sites for hydroxylation is 1. The minimum absolute atomic E-state index is 0.408. The zero-order valence-electron chi connectivity index (χ0n) is 11.3. The highest BCUT2D eigenvalue weighted by molar-refractivity contribution is 7.09. The van der Waals surface area contributed by atoms with E-state index in [0.717, 1.165) is 45.1 Å². The van der Waals surface area contributed by atoms with Crippen LogP contribution in [-0.2, 0) is 6.42 Å². The molecule has 0 spiro atoms. The Kier molecular flexibility index (Phi) is 5.22. The van der Waals surface area contributed by atoms with Crippen LogP contribution < -0.4 is 5.32 Å². The topological polar surface area (TPSA) is 32.3 Å². The second-order valence-electron chi connectivity index (χ2n) is 5.53. The molecule has 1 saturated carbocycles. The van der Waals surface area contributed by atoms with Gasteiger partial charge < -0.3 is 10.4 Å². The highest BCUT2D eigenvalue weighted by atomic mass is 32.1. The molecular formula is C15H25NOS. The predicted octanol–water partition coefficient (Wildman–Crippen LogP) is 3.35. The first-order valence-corrected chi connectivity index (χ1v) is 8.08. The molecule has 0 unspecified atom stereocenters. The second-order valence-corrected chi connectivity index (χ2v) is 6.56. The minimum Gasteiger partial charge on any atom is -0.390 e. The lowest BCUT2D eigenvalue weighted by Gasteiger charge is -2.36. The highest BCUT2D eigenvalue weighted by Crippen LogP contribution is 2.32. The van der Waals surface area contributed by atoms with Gasteiger partial charge in [0.05, 0.1) is 5.60 Å².